The van der Waals surface area contributed by atoms with Crippen molar-refractivity contribution < 1.29 is 14.3 Å². The summed E-state index contributed by atoms with van der Waals surface area (Å²) in [6.45, 7) is 2.58. The quantitative estimate of drug-likeness (QED) is 0.463. The number of anilines is 1. The molecule has 0 saturated carbocycles. The van der Waals surface area contributed by atoms with Gasteiger partial charge in [0.1, 0.15) is 11.5 Å². The monoisotopic (exact) mass is 377 g/mol. The molecule has 0 unspecified atom stereocenters. The van der Waals surface area contributed by atoms with Crippen LogP contribution in [0.25, 0.3) is 10.8 Å². The van der Waals surface area contributed by atoms with Crippen molar-refractivity contribution in [1.82, 2.24) is 5.43 Å². The van der Waals surface area contributed by atoms with Crippen LogP contribution in [-0.2, 0) is 4.79 Å². The summed E-state index contributed by atoms with van der Waals surface area (Å²) >= 11 is 0. The van der Waals surface area contributed by atoms with Crippen molar-refractivity contribution in [1.29, 1.82) is 0 Å². The summed E-state index contributed by atoms with van der Waals surface area (Å²) in [6.07, 6.45) is 1.62. The third-order valence-electron chi connectivity index (χ3n) is 4.14. The zero-order valence-corrected chi connectivity index (χ0v) is 15.9. The van der Waals surface area contributed by atoms with Crippen LogP contribution in [0.4, 0.5) is 5.69 Å². The lowest BCUT2D eigenvalue weighted by Crippen LogP contribution is -2.25. The van der Waals surface area contributed by atoms with E-state index in [1.165, 1.54) is 0 Å². The lowest BCUT2D eigenvalue weighted by molar-refractivity contribution is -0.119. The van der Waals surface area contributed by atoms with Gasteiger partial charge in [0.25, 0.3) is 5.91 Å². The number of hydrazone groups is 1. The van der Waals surface area contributed by atoms with Crippen molar-refractivity contribution in [3.05, 3.63) is 66.2 Å². The Hall–Kier alpha value is -3.54. The van der Waals surface area contributed by atoms with Gasteiger partial charge in [-0.1, -0.05) is 36.4 Å². The average Bonchev–Trinajstić information content (AvgIpc) is 2.74. The molecule has 0 atom stereocenters. The maximum atomic E-state index is 12.1. The first-order valence-corrected chi connectivity index (χ1v) is 9.05. The second kappa shape index (κ2) is 9.41. The van der Waals surface area contributed by atoms with Crippen LogP contribution >= 0.6 is 0 Å². The van der Waals surface area contributed by atoms with Gasteiger partial charge in [-0.3, -0.25) is 4.79 Å². The molecule has 0 aliphatic carbocycles. The molecule has 6 nitrogen and oxygen atoms in total. The van der Waals surface area contributed by atoms with E-state index in [2.05, 4.69) is 15.8 Å². The molecule has 0 aliphatic rings. The van der Waals surface area contributed by atoms with E-state index >= 15 is 0 Å². The molecule has 1 amide bonds. The zero-order chi connectivity index (χ0) is 19.8. The van der Waals surface area contributed by atoms with E-state index in [4.69, 9.17) is 9.47 Å². The molecule has 28 heavy (non-hydrogen) atoms. The Morgan fingerprint density at radius 1 is 1.11 bits per heavy atom. The molecule has 3 aromatic carbocycles. The second-order valence-corrected chi connectivity index (χ2v) is 6.01. The highest BCUT2D eigenvalue weighted by molar-refractivity contribution is 6.02. The number of hydrogen-bond acceptors (Lipinski definition) is 5. The first-order valence-electron chi connectivity index (χ1n) is 9.05. The number of methoxy groups -OCH3 is 1. The van der Waals surface area contributed by atoms with Crippen LogP contribution in [0.3, 0.4) is 0 Å². The van der Waals surface area contributed by atoms with Crippen LogP contribution in [-0.4, -0.2) is 32.4 Å². The molecule has 0 aromatic heterocycles. The summed E-state index contributed by atoms with van der Waals surface area (Å²) < 4.78 is 10.9. The number of benzene rings is 3. The molecule has 2 N–H and O–H groups in total. The predicted molar refractivity (Wildman–Crippen MR) is 112 cm³/mol. The molecule has 0 bridgehead atoms. The minimum absolute atomic E-state index is 0.0956. The standard InChI is InChI=1S/C22H23N3O3/c1-3-28-21-12-11-16-7-4-5-10-19(16)20(21)14-24-25-22(26)15-23-17-8-6-9-18(13-17)27-2/h4-14,23H,3,15H2,1-2H3,(H,25,26)/b24-14-. The van der Waals surface area contributed by atoms with Crippen molar-refractivity contribution in [2.75, 3.05) is 25.6 Å². The van der Waals surface area contributed by atoms with E-state index < -0.39 is 0 Å². The summed E-state index contributed by atoms with van der Waals surface area (Å²) in [7, 11) is 1.60. The van der Waals surface area contributed by atoms with Crippen molar-refractivity contribution in [3.8, 4) is 11.5 Å². The lowest BCUT2D eigenvalue weighted by atomic mass is 10.0. The molecule has 0 radical (unpaired) electrons. The summed E-state index contributed by atoms with van der Waals surface area (Å²) in [4.78, 5) is 12.1. The van der Waals surface area contributed by atoms with Gasteiger partial charge in [0.15, 0.2) is 0 Å². The van der Waals surface area contributed by atoms with Gasteiger partial charge in [0.2, 0.25) is 0 Å². The first kappa shape index (κ1) is 19.2. The van der Waals surface area contributed by atoms with Crippen LogP contribution in [0.2, 0.25) is 0 Å². The van der Waals surface area contributed by atoms with Gasteiger partial charge >= 0.3 is 0 Å². The number of carbonyl (C=O) groups excluding carboxylic acids is 1. The van der Waals surface area contributed by atoms with Gasteiger partial charge in [-0.15, -0.1) is 0 Å². The van der Waals surface area contributed by atoms with Crippen LogP contribution in [0.5, 0.6) is 11.5 Å². The fourth-order valence-electron chi connectivity index (χ4n) is 2.81. The molecule has 0 saturated heterocycles. The summed E-state index contributed by atoms with van der Waals surface area (Å²) in [5.74, 6) is 1.20. The number of nitrogens with one attached hydrogen (secondary N) is 2. The number of fused-ring (bicyclic) bond motifs is 1. The van der Waals surface area contributed by atoms with Crippen molar-refractivity contribution >= 4 is 28.6 Å². The Morgan fingerprint density at radius 2 is 1.96 bits per heavy atom. The third kappa shape index (κ3) is 4.79. The molecule has 6 heteroatoms. The highest BCUT2D eigenvalue weighted by atomic mass is 16.5. The number of amides is 1. The highest BCUT2D eigenvalue weighted by Crippen LogP contribution is 2.26. The van der Waals surface area contributed by atoms with Gasteiger partial charge in [0, 0.05) is 17.3 Å². The van der Waals surface area contributed by atoms with E-state index in [1.54, 1.807) is 13.3 Å². The Labute approximate surface area is 164 Å². The van der Waals surface area contributed by atoms with Gasteiger partial charge in [0.05, 0.1) is 26.5 Å². The molecular weight excluding hydrogens is 354 g/mol. The number of carbonyl (C=O) groups is 1. The van der Waals surface area contributed by atoms with Crippen molar-refractivity contribution in [2.24, 2.45) is 5.10 Å². The van der Waals surface area contributed by atoms with Crippen LogP contribution in [0.15, 0.2) is 65.8 Å². The molecule has 3 rings (SSSR count). The maximum Gasteiger partial charge on any atom is 0.259 e. The molecule has 0 heterocycles. The topological polar surface area (TPSA) is 72.0 Å². The summed E-state index contributed by atoms with van der Waals surface area (Å²) in [5.41, 5.74) is 4.18. The minimum atomic E-state index is -0.253. The second-order valence-electron chi connectivity index (χ2n) is 6.01. The van der Waals surface area contributed by atoms with E-state index in [0.29, 0.717) is 6.61 Å². The molecule has 3 aromatic rings. The summed E-state index contributed by atoms with van der Waals surface area (Å²) in [6, 6.07) is 19.3. The van der Waals surface area contributed by atoms with E-state index in [-0.39, 0.29) is 12.5 Å². The third-order valence-corrected chi connectivity index (χ3v) is 4.14. The smallest absolute Gasteiger partial charge is 0.259 e. The Bertz CT molecular complexity index is 986. The fourth-order valence-corrected chi connectivity index (χ4v) is 2.81. The average molecular weight is 377 g/mol. The van der Waals surface area contributed by atoms with Crippen LogP contribution in [0, 0.1) is 0 Å². The fraction of sp³-hybridized carbons (Fsp3) is 0.182. The molecule has 144 valence electrons. The molecular formula is C22H23N3O3. The largest absolute Gasteiger partial charge is 0.497 e. The molecule has 0 aliphatic heterocycles. The van der Waals surface area contributed by atoms with Crippen LogP contribution < -0.4 is 20.2 Å². The van der Waals surface area contributed by atoms with Gasteiger partial charge in [-0.2, -0.15) is 5.10 Å². The zero-order valence-electron chi connectivity index (χ0n) is 15.9. The first-order chi connectivity index (χ1) is 13.7. The van der Waals surface area contributed by atoms with Gasteiger partial charge in [-0.25, -0.2) is 5.43 Å². The van der Waals surface area contributed by atoms with Crippen molar-refractivity contribution in [3.63, 3.8) is 0 Å². The lowest BCUT2D eigenvalue weighted by Gasteiger charge is -2.10. The predicted octanol–water partition coefficient (Wildman–Crippen LogP) is 3.81. The van der Waals surface area contributed by atoms with E-state index in [1.807, 2.05) is 67.6 Å². The van der Waals surface area contributed by atoms with Gasteiger partial charge < -0.3 is 14.8 Å². The van der Waals surface area contributed by atoms with Crippen molar-refractivity contribution in [2.45, 2.75) is 6.92 Å². The summed E-state index contributed by atoms with van der Waals surface area (Å²) in [5, 5.41) is 9.25. The Morgan fingerprint density at radius 3 is 2.79 bits per heavy atom. The molecule has 0 spiro atoms. The maximum absolute atomic E-state index is 12.1. The number of hydrogen-bond donors (Lipinski definition) is 2. The Kier molecular flexibility index (Phi) is 6.46. The normalized spacial score (nSPS) is 10.8. The van der Waals surface area contributed by atoms with Crippen LogP contribution in [0.1, 0.15) is 12.5 Å². The minimum Gasteiger partial charge on any atom is -0.497 e. The van der Waals surface area contributed by atoms with Gasteiger partial charge in [-0.05, 0) is 35.9 Å². The highest BCUT2D eigenvalue weighted by Gasteiger charge is 2.07. The van der Waals surface area contributed by atoms with E-state index in [9.17, 15) is 4.79 Å². The SMILES string of the molecule is CCOc1ccc2ccccc2c1/C=N\NC(=O)CNc1cccc(OC)c1. The van der Waals surface area contributed by atoms with E-state index in [0.717, 1.165) is 33.5 Å². The number of rotatable bonds is 8. The number of ether oxygens (including phenoxy) is 2. The molecule has 0 fully saturated rings. The number of nitrogens with zero attached hydrogens (tertiary/aromatic N) is 1. The Balaban J connectivity index is 1.66.